The molecule has 0 N–H and O–H groups in total. The fourth-order valence-electron chi connectivity index (χ4n) is 0.882. The predicted octanol–water partition coefficient (Wildman–Crippen LogP) is 1.94. The lowest BCUT2D eigenvalue weighted by Crippen LogP contribution is -1.98. The Labute approximate surface area is 77.5 Å². The number of ether oxygens (including phenoxy) is 1. The molecule has 0 unspecified atom stereocenters. The van der Waals surface area contributed by atoms with Crippen molar-refractivity contribution in [3.63, 3.8) is 0 Å². The molecule has 0 atom stereocenters. The van der Waals surface area contributed by atoms with Gasteiger partial charge in [0.2, 0.25) is 5.88 Å². The molecule has 76 valence electrons. The van der Waals surface area contributed by atoms with Gasteiger partial charge in [0.05, 0.1) is 12.0 Å². The Morgan fingerprint density at radius 1 is 1.64 bits per heavy atom. The van der Waals surface area contributed by atoms with E-state index in [1.807, 2.05) is 0 Å². The van der Waals surface area contributed by atoms with E-state index in [9.17, 15) is 18.9 Å². The molecule has 0 aromatic carbocycles. The zero-order chi connectivity index (χ0) is 10.7. The second-order valence-electron chi connectivity index (χ2n) is 2.34. The zero-order valence-corrected chi connectivity index (χ0v) is 7.11. The molecule has 1 heterocycles. The Hall–Kier alpha value is -1.79. The Morgan fingerprint density at radius 2 is 2.29 bits per heavy atom. The number of methoxy groups -OCH3 is 1. The van der Waals surface area contributed by atoms with Crippen molar-refractivity contribution in [1.29, 1.82) is 0 Å². The van der Waals surface area contributed by atoms with Crippen LogP contribution in [0.4, 0.5) is 14.5 Å². The van der Waals surface area contributed by atoms with Gasteiger partial charge < -0.3 is 4.74 Å². The van der Waals surface area contributed by atoms with Gasteiger partial charge in [0, 0.05) is 6.07 Å². The first-order valence-corrected chi connectivity index (χ1v) is 3.52. The standard InChI is InChI=1S/C7H6F2N2O3/c1-14-6-2-4(7(8)9)5(3-10-6)11(12)13/h2-3,7H,1H3. The molecule has 0 fully saturated rings. The number of halogens is 2. The Kier molecular flexibility index (Phi) is 2.90. The Morgan fingerprint density at radius 3 is 2.71 bits per heavy atom. The lowest BCUT2D eigenvalue weighted by atomic mass is 10.2. The summed E-state index contributed by atoms with van der Waals surface area (Å²) in [5.74, 6) is -0.0779. The summed E-state index contributed by atoms with van der Waals surface area (Å²) in [6, 6.07) is 0.850. The van der Waals surface area contributed by atoms with Crippen molar-refractivity contribution >= 4 is 5.69 Å². The van der Waals surface area contributed by atoms with Crippen molar-refractivity contribution in [3.8, 4) is 5.88 Å². The van der Waals surface area contributed by atoms with Gasteiger partial charge in [-0.3, -0.25) is 10.1 Å². The minimum atomic E-state index is -2.92. The summed E-state index contributed by atoms with van der Waals surface area (Å²) in [4.78, 5) is 12.9. The number of nitro groups is 1. The summed E-state index contributed by atoms with van der Waals surface area (Å²) < 4.78 is 29.2. The first kappa shape index (κ1) is 10.3. The van der Waals surface area contributed by atoms with Gasteiger partial charge in [-0.2, -0.15) is 0 Å². The SMILES string of the molecule is COc1cc(C(F)F)c([N+](=O)[O-])cn1. The van der Waals surface area contributed by atoms with Crippen LogP contribution in [0.15, 0.2) is 12.3 Å². The molecule has 0 saturated heterocycles. The Balaban J connectivity index is 3.24. The highest BCUT2D eigenvalue weighted by Gasteiger charge is 2.22. The van der Waals surface area contributed by atoms with E-state index in [-0.39, 0.29) is 5.88 Å². The topological polar surface area (TPSA) is 65.3 Å². The maximum Gasteiger partial charge on any atom is 0.296 e. The molecule has 0 saturated carbocycles. The summed E-state index contributed by atoms with van der Waals surface area (Å²) in [5, 5.41) is 10.3. The van der Waals surface area contributed by atoms with E-state index in [1.165, 1.54) is 7.11 Å². The molecule has 0 aliphatic rings. The zero-order valence-electron chi connectivity index (χ0n) is 7.11. The molecular weight excluding hydrogens is 198 g/mol. The fourth-order valence-corrected chi connectivity index (χ4v) is 0.882. The second kappa shape index (κ2) is 3.95. The highest BCUT2D eigenvalue weighted by molar-refractivity contribution is 5.41. The molecule has 7 heteroatoms. The summed E-state index contributed by atoms with van der Waals surface area (Å²) >= 11 is 0. The highest BCUT2D eigenvalue weighted by Crippen LogP contribution is 2.30. The second-order valence-corrected chi connectivity index (χ2v) is 2.34. The van der Waals surface area contributed by atoms with E-state index in [4.69, 9.17) is 0 Å². The van der Waals surface area contributed by atoms with E-state index in [2.05, 4.69) is 9.72 Å². The maximum absolute atomic E-state index is 12.3. The third-order valence-electron chi connectivity index (χ3n) is 1.53. The van der Waals surface area contributed by atoms with Crippen LogP contribution in [-0.2, 0) is 0 Å². The van der Waals surface area contributed by atoms with Crippen LogP contribution < -0.4 is 4.74 Å². The van der Waals surface area contributed by atoms with Crippen LogP contribution in [0, 0.1) is 10.1 Å². The van der Waals surface area contributed by atoms with Gasteiger partial charge in [0.15, 0.2) is 0 Å². The number of hydrogen-bond donors (Lipinski definition) is 0. The maximum atomic E-state index is 12.3. The van der Waals surface area contributed by atoms with Crippen molar-refractivity contribution < 1.29 is 18.4 Å². The molecular formula is C7H6F2N2O3. The van der Waals surface area contributed by atoms with Gasteiger partial charge in [-0.15, -0.1) is 0 Å². The predicted molar refractivity (Wildman–Crippen MR) is 42.4 cm³/mol. The van der Waals surface area contributed by atoms with E-state index < -0.39 is 22.6 Å². The van der Waals surface area contributed by atoms with Gasteiger partial charge in [-0.1, -0.05) is 0 Å². The number of alkyl halides is 2. The van der Waals surface area contributed by atoms with E-state index in [0.717, 1.165) is 12.3 Å². The van der Waals surface area contributed by atoms with Crippen LogP contribution in [0.1, 0.15) is 12.0 Å². The van der Waals surface area contributed by atoms with Crippen LogP contribution in [0.3, 0.4) is 0 Å². The summed E-state index contributed by atoms with van der Waals surface area (Å²) in [6.45, 7) is 0. The van der Waals surface area contributed by atoms with Crippen LogP contribution in [0.5, 0.6) is 5.88 Å². The molecule has 0 radical (unpaired) electrons. The summed E-state index contributed by atoms with van der Waals surface area (Å²) in [7, 11) is 1.24. The van der Waals surface area contributed by atoms with Crippen molar-refractivity contribution in [2.75, 3.05) is 7.11 Å². The van der Waals surface area contributed by atoms with Crippen LogP contribution in [0.2, 0.25) is 0 Å². The van der Waals surface area contributed by atoms with E-state index in [0.29, 0.717) is 0 Å². The molecule has 0 bridgehead atoms. The third kappa shape index (κ3) is 1.93. The van der Waals surface area contributed by atoms with Crippen molar-refractivity contribution in [2.45, 2.75) is 6.43 Å². The molecule has 1 aromatic heterocycles. The highest BCUT2D eigenvalue weighted by atomic mass is 19.3. The average Bonchev–Trinajstić information content (AvgIpc) is 2.16. The number of hydrogen-bond acceptors (Lipinski definition) is 4. The minimum Gasteiger partial charge on any atom is -0.481 e. The lowest BCUT2D eigenvalue weighted by molar-refractivity contribution is -0.386. The normalized spacial score (nSPS) is 10.3. The quantitative estimate of drug-likeness (QED) is 0.557. The van der Waals surface area contributed by atoms with Crippen LogP contribution in [-0.4, -0.2) is 17.0 Å². The largest absolute Gasteiger partial charge is 0.481 e. The van der Waals surface area contributed by atoms with E-state index >= 15 is 0 Å². The fraction of sp³-hybridized carbons (Fsp3) is 0.286. The van der Waals surface area contributed by atoms with Gasteiger partial charge in [0.25, 0.3) is 12.1 Å². The molecule has 1 aromatic rings. The summed E-state index contributed by atoms with van der Waals surface area (Å²) in [5.41, 5.74) is -1.40. The van der Waals surface area contributed by atoms with Crippen LogP contribution in [0.25, 0.3) is 0 Å². The first-order valence-electron chi connectivity index (χ1n) is 3.52. The third-order valence-corrected chi connectivity index (χ3v) is 1.53. The number of nitrogens with zero attached hydrogens (tertiary/aromatic N) is 2. The molecule has 0 aliphatic heterocycles. The average molecular weight is 204 g/mol. The molecule has 0 amide bonds. The van der Waals surface area contributed by atoms with E-state index in [1.54, 1.807) is 0 Å². The van der Waals surface area contributed by atoms with Gasteiger partial charge >= 0.3 is 0 Å². The molecule has 1 rings (SSSR count). The molecule has 5 nitrogen and oxygen atoms in total. The number of pyridine rings is 1. The molecule has 0 spiro atoms. The molecule has 0 aliphatic carbocycles. The van der Waals surface area contributed by atoms with Gasteiger partial charge in [-0.25, -0.2) is 13.8 Å². The van der Waals surface area contributed by atoms with Crippen molar-refractivity contribution in [2.24, 2.45) is 0 Å². The van der Waals surface area contributed by atoms with Gasteiger partial charge in [-0.05, 0) is 0 Å². The number of rotatable bonds is 3. The number of aromatic nitrogens is 1. The van der Waals surface area contributed by atoms with Crippen molar-refractivity contribution in [1.82, 2.24) is 4.98 Å². The summed E-state index contributed by atoms with van der Waals surface area (Å²) in [6.07, 6.45) is -2.17. The van der Waals surface area contributed by atoms with Gasteiger partial charge in [0.1, 0.15) is 11.8 Å². The van der Waals surface area contributed by atoms with Crippen LogP contribution >= 0.6 is 0 Å². The smallest absolute Gasteiger partial charge is 0.296 e. The first-order chi connectivity index (χ1) is 6.56. The lowest BCUT2D eigenvalue weighted by Gasteiger charge is -2.03. The molecule has 14 heavy (non-hydrogen) atoms. The Bertz CT molecular complexity index is 357. The van der Waals surface area contributed by atoms with Crippen molar-refractivity contribution in [3.05, 3.63) is 27.9 Å². The minimum absolute atomic E-state index is 0.0779. The monoisotopic (exact) mass is 204 g/mol.